The van der Waals surface area contributed by atoms with Crippen LogP contribution in [0.3, 0.4) is 0 Å². The fraction of sp³-hybridized carbons (Fsp3) is 0.400. The van der Waals surface area contributed by atoms with Gasteiger partial charge >= 0.3 is 0 Å². The monoisotopic (exact) mass is 428 g/mol. The molecule has 1 unspecified atom stereocenters. The second kappa shape index (κ2) is 8.82. The van der Waals surface area contributed by atoms with Crippen molar-refractivity contribution in [2.24, 2.45) is 10.7 Å². The number of rotatable bonds is 5. The highest BCUT2D eigenvalue weighted by molar-refractivity contribution is 14.0. The molecule has 1 aliphatic rings. The number of guanidine groups is 1. The number of nitrogens with zero attached hydrogens (tertiary/aromatic N) is 4. The third-order valence-electron chi connectivity index (χ3n) is 3.55. The van der Waals surface area contributed by atoms with Gasteiger partial charge in [0, 0.05) is 31.7 Å². The standard InChI is InChI=1S/C15H20N6O.HI/c16-15(20-10-13-2-1-7-22-13)19-9-12-3-4-18-14(8-12)21-6-5-17-11-21;/h3-6,8,11,13H,1-2,7,9-10H2,(H3,16,19,20);1H. The number of hydrogen-bond acceptors (Lipinski definition) is 4. The van der Waals surface area contributed by atoms with Crippen molar-refractivity contribution in [2.75, 3.05) is 13.2 Å². The molecule has 1 aliphatic heterocycles. The van der Waals surface area contributed by atoms with E-state index in [-0.39, 0.29) is 30.1 Å². The molecule has 0 amide bonds. The number of halogens is 1. The van der Waals surface area contributed by atoms with E-state index >= 15 is 0 Å². The first-order valence-electron chi connectivity index (χ1n) is 7.40. The summed E-state index contributed by atoms with van der Waals surface area (Å²) in [7, 11) is 0. The van der Waals surface area contributed by atoms with Crippen LogP contribution in [0.5, 0.6) is 0 Å². The lowest BCUT2D eigenvalue weighted by molar-refractivity contribution is 0.114. The quantitative estimate of drug-likeness (QED) is 0.428. The van der Waals surface area contributed by atoms with Gasteiger partial charge in [0.2, 0.25) is 0 Å². The molecule has 2 aromatic rings. The van der Waals surface area contributed by atoms with Crippen LogP contribution in [0, 0.1) is 0 Å². The number of imidazole rings is 1. The van der Waals surface area contributed by atoms with Gasteiger partial charge in [0.15, 0.2) is 5.96 Å². The van der Waals surface area contributed by atoms with Gasteiger partial charge in [-0.15, -0.1) is 24.0 Å². The molecular weight excluding hydrogens is 407 g/mol. The molecule has 3 heterocycles. The number of hydrogen-bond donors (Lipinski definition) is 2. The third kappa shape index (κ3) is 5.17. The van der Waals surface area contributed by atoms with Crippen molar-refractivity contribution in [3.05, 3.63) is 42.6 Å². The molecule has 0 saturated carbocycles. The zero-order chi connectivity index (χ0) is 15.2. The maximum absolute atomic E-state index is 5.88. The third-order valence-corrected chi connectivity index (χ3v) is 3.55. The molecule has 3 rings (SSSR count). The lowest BCUT2D eigenvalue weighted by atomic mass is 10.2. The van der Waals surface area contributed by atoms with Crippen LogP contribution >= 0.6 is 24.0 Å². The summed E-state index contributed by atoms with van der Waals surface area (Å²) < 4.78 is 7.39. The molecule has 1 fully saturated rings. The Balaban J connectivity index is 0.00000192. The van der Waals surface area contributed by atoms with Crippen molar-refractivity contribution < 1.29 is 4.74 Å². The SMILES string of the molecule is I.NC(=NCc1ccnc(-n2ccnc2)c1)NCC1CCCO1. The van der Waals surface area contributed by atoms with Gasteiger partial charge in [-0.2, -0.15) is 0 Å². The summed E-state index contributed by atoms with van der Waals surface area (Å²) in [6.45, 7) is 2.07. The van der Waals surface area contributed by atoms with E-state index in [1.54, 1.807) is 18.7 Å². The molecule has 0 aliphatic carbocycles. The van der Waals surface area contributed by atoms with E-state index < -0.39 is 0 Å². The van der Waals surface area contributed by atoms with Gasteiger partial charge in [-0.3, -0.25) is 4.57 Å². The van der Waals surface area contributed by atoms with E-state index in [2.05, 4.69) is 20.3 Å². The maximum atomic E-state index is 5.88. The first-order chi connectivity index (χ1) is 10.8. The summed E-state index contributed by atoms with van der Waals surface area (Å²) >= 11 is 0. The van der Waals surface area contributed by atoms with Crippen LogP contribution in [-0.4, -0.2) is 39.8 Å². The van der Waals surface area contributed by atoms with Gasteiger partial charge in [0.1, 0.15) is 12.1 Å². The van der Waals surface area contributed by atoms with E-state index in [4.69, 9.17) is 10.5 Å². The van der Waals surface area contributed by atoms with Crippen LogP contribution in [0.2, 0.25) is 0 Å². The molecule has 124 valence electrons. The van der Waals surface area contributed by atoms with Crippen LogP contribution in [0.25, 0.3) is 5.82 Å². The van der Waals surface area contributed by atoms with E-state index in [1.165, 1.54) is 0 Å². The highest BCUT2D eigenvalue weighted by Gasteiger charge is 2.14. The van der Waals surface area contributed by atoms with Crippen LogP contribution in [0.4, 0.5) is 0 Å². The van der Waals surface area contributed by atoms with Crippen molar-refractivity contribution >= 4 is 29.9 Å². The van der Waals surface area contributed by atoms with Crippen LogP contribution in [-0.2, 0) is 11.3 Å². The molecular formula is C15H21IN6O. The molecule has 0 bridgehead atoms. The topological polar surface area (TPSA) is 90.4 Å². The Kier molecular flexibility index (Phi) is 6.78. The minimum Gasteiger partial charge on any atom is -0.376 e. The van der Waals surface area contributed by atoms with E-state index in [0.29, 0.717) is 19.0 Å². The van der Waals surface area contributed by atoms with Gasteiger partial charge in [-0.05, 0) is 30.5 Å². The van der Waals surface area contributed by atoms with Crippen molar-refractivity contribution in [3.8, 4) is 5.82 Å². The summed E-state index contributed by atoms with van der Waals surface area (Å²) in [6, 6.07) is 3.90. The minimum atomic E-state index is 0. The maximum Gasteiger partial charge on any atom is 0.189 e. The lowest BCUT2D eigenvalue weighted by Gasteiger charge is -2.11. The van der Waals surface area contributed by atoms with Gasteiger partial charge in [0.05, 0.1) is 12.6 Å². The van der Waals surface area contributed by atoms with Crippen molar-refractivity contribution in [1.82, 2.24) is 19.9 Å². The molecule has 7 nitrogen and oxygen atoms in total. The van der Waals surface area contributed by atoms with E-state index in [0.717, 1.165) is 30.8 Å². The lowest BCUT2D eigenvalue weighted by Crippen LogP contribution is -2.37. The Bertz CT molecular complexity index is 625. The normalized spacial score (nSPS) is 17.7. The average molecular weight is 428 g/mol. The van der Waals surface area contributed by atoms with Crippen LogP contribution in [0.1, 0.15) is 18.4 Å². The summed E-state index contributed by atoms with van der Waals surface area (Å²) in [5.74, 6) is 1.26. The summed E-state index contributed by atoms with van der Waals surface area (Å²) in [5, 5.41) is 3.11. The Labute approximate surface area is 152 Å². The second-order valence-corrected chi connectivity index (χ2v) is 5.21. The highest BCUT2D eigenvalue weighted by atomic mass is 127. The smallest absolute Gasteiger partial charge is 0.189 e. The number of nitrogens with two attached hydrogens (primary N) is 1. The molecule has 2 aromatic heterocycles. The molecule has 1 saturated heterocycles. The zero-order valence-corrected chi connectivity index (χ0v) is 15.1. The summed E-state index contributed by atoms with van der Waals surface area (Å²) in [6.07, 6.45) is 9.51. The first-order valence-corrected chi connectivity index (χ1v) is 7.40. The molecule has 0 aromatic carbocycles. The van der Waals surface area contributed by atoms with Crippen LogP contribution < -0.4 is 11.1 Å². The van der Waals surface area contributed by atoms with E-state index in [1.807, 2.05) is 22.9 Å². The molecule has 3 N–H and O–H groups in total. The Morgan fingerprint density at radius 1 is 1.48 bits per heavy atom. The van der Waals surface area contributed by atoms with Crippen LogP contribution in [0.15, 0.2) is 42.0 Å². The number of ether oxygens (including phenoxy) is 1. The van der Waals surface area contributed by atoms with Gasteiger partial charge < -0.3 is 15.8 Å². The van der Waals surface area contributed by atoms with Gasteiger partial charge in [-0.1, -0.05) is 0 Å². The summed E-state index contributed by atoms with van der Waals surface area (Å²) in [4.78, 5) is 12.7. The number of aromatic nitrogens is 3. The fourth-order valence-electron chi connectivity index (χ4n) is 2.35. The molecule has 0 spiro atoms. The Hall–Kier alpha value is -1.68. The summed E-state index contributed by atoms with van der Waals surface area (Å²) in [5.41, 5.74) is 6.93. The number of aliphatic imine (C=N–C) groups is 1. The molecule has 1 atom stereocenters. The first kappa shape index (κ1) is 17.7. The highest BCUT2D eigenvalue weighted by Crippen LogP contribution is 2.10. The molecule has 0 radical (unpaired) electrons. The van der Waals surface area contributed by atoms with Crippen molar-refractivity contribution in [3.63, 3.8) is 0 Å². The van der Waals surface area contributed by atoms with Gasteiger partial charge in [0.25, 0.3) is 0 Å². The van der Waals surface area contributed by atoms with E-state index in [9.17, 15) is 0 Å². The minimum absolute atomic E-state index is 0. The molecule has 23 heavy (non-hydrogen) atoms. The van der Waals surface area contributed by atoms with Crippen molar-refractivity contribution in [1.29, 1.82) is 0 Å². The zero-order valence-electron chi connectivity index (χ0n) is 12.8. The predicted molar refractivity (Wildman–Crippen MR) is 99.1 cm³/mol. The largest absolute Gasteiger partial charge is 0.376 e. The molecule has 8 heteroatoms. The average Bonchev–Trinajstić information content (AvgIpc) is 3.24. The fourth-order valence-corrected chi connectivity index (χ4v) is 2.35. The van der Waals surface area contributed by atoms with Gasteiger partial charge in [-0.25, -0.2) is 15.0 Å². The Morgan fingerprint density at radius 3 is 3.13 bits per heavy atom. The second-order valence-electron chi connectivity index (χ2n) is 5.21. The predicted octanol–water partition coefficient (Wildman–Crippen LogP) is 1.47. The van der Waals surface area contributed by atoms with Crippen molar-refractivity contribution in [2.45, 2.75) is 25.5 Å². The number of pyridine rings is 1. The number of nitrogens with one attached hydrogen (secondary N) is 1. The Morgan fingerprint density at radius 2 is 2.39 bits per heavy atom.